The highest BCUT2D eigenvalue weighted by Crippen LogP contribution is 2.16. The summed E-state index contributed by atoms with van der Waals surface area (Å²) in [6, 6.07) is 9.36. The molecular formula is C16H21N3O2S2. The first-order valence-electron chi connectivity index (χ1n) is 7.68. The summed E-state index contributed by atoms with van der Waals surface area (Å²) in [6.45, 7) is 5.42. The monoisotopic (exact) mass is 351 g/mol. The first-order chi connectivity index (χ1) is 11.0. The minimum atomic E-state index is -3.24. The smallest absolute Gasteiger partial charge is 0.218 e. The Bertz CT molecular complexity index is 736. The summed E-state index contributed by atoms with van der Waals surface area (Å²) in [7, 11) is -3.24. The molecule has 1 aliphatic heterocycles. The fraction of sp³-hybridized carbons (Fsp3) is 0.438. The van der Waals surface area contributed by atoms with Gasteiger partial charge in [-0.2, -0.15) is 4.31 Å². The molecule has 1 aromatic carbocycles. The fourth-order valence-corrected chi connectivity index (χ4v) is 4.87. The number of piperazine rings is 1. The predicted octanol–water partition coefficient (Wildman–Crippen LogP) is 2.10. The lowest BCUT2D eigenvalue weighted by molar-refractivity contribution is 0.180. The van der Waals surface area contributed by atoms with Crippen molar-refractivity contribution >= 4 is 21.4 Å². The molecule has 0 saturated carbocycles. The number of aryl methyl sites for hydroxylation is 1. The Hall–Kier alpha value is -1.28. The van der Waals surface area contributed by atoms with E-state index in [-0.39, 0.29) is 5.75 Å². The van der Waals surface area contributed by atoms with E-state index in [1.54, 1.807) is 15.6 Å². The molecule has 0 radical (unpaired) electrons. The van der Waals surface area contributed by atoms with Crippen LogP contribution >= 0.6 is 11.3 Å². The third-order valence-corrected chi connectivity index (χ3v) is 6.64. The second kappa shape index (κ2) is 7.09. The van der Waals surface area contributed by atoms with Crippen LogP contribution in [0.25, 0.3) is 0 Å². The highest BCUT2D eigenvalue weighted by Gasteiger charge is 2.27. The average Bonchev–Trinajstić information content (AvgIpc) is 2.93. The van der Waals surface area contributed by atoms with Crippen LogP contribution in [-0.4, -0.2) is 48.8 Å². The zero-order valence-electron chi connectivity index (χ0n) is 13.2. The van der Waals surface area contributed by atoms with Gasteiger partial charge in [0.2, 0.25) is 10.0 Å². The van der Waals surface area contributed by atoms with Crippen molar-refractivity contribution in [3.05, 3.63) is 52.0 Å². The van der Waals surface area contributed by atoms with Gasteiger partial charge in [0.1, 0.15) is 0 Å². The summed E-state index contributed by atoms with van der Waals surface area (Å²) in [4.78, 5) is 6.74. The minimum absolute atomic E-state index is 0.0825. The molecular weight excluding hydrogens is 330 g/mol. The van der Waals surface area contributed by atoms with E-state index in [2.05, 4.69) is 15.3 Å². The maximum Gasteiger partial charge on any atom is 0.218 e. The largest absolute Gasteiger partial charge is 0.295 e. The summed E-state index contributed by atoms with van der Waals surface area (Å²) in [5, 5.41) is 3.15. The Morgan fingerprint density at radius 3 is 2.43 bits per heavy atom. The molecule has 0 atom stereocenters. The molecule has 1 fully saturated rings. The number of thiazole rings is 1. The van der Waals surface area contributed by atoms with Crippen LogP contribution < -0.4 is 0 Å². The van der Waals surface area contributed by atoms with E-state index >= 15 is 0 Å². The molecule has 0 bridgehead atoms. The van der Waals surface area contributed by atoms with Crippen molar-refractivity contribution < 1.29 is 8.42 Å². The van der Waals surface area contributed by atoms with Gasteiger partial charge < -0.3 is 0 Å². The van der Waals surface area contributed by atoms with Gasteiger partial charge in [0.05, 0.1) is 16.5 Å². The fourth-order valence-electron chi connectivity index (χ4n) is 2.75. The number of nitrogens with zero attached hydrogens (tertiary/aromatic N) is 3. The van der Waals surface area contributed by atoms with Crippen LogP contribution in [0.4, 0.5) is 0 Å². The van der Waals surface area contributed by atoms with Crippen LogP contribution in [0.5, 0.6) is 0 Å². The Morgan fingerprint density at radius 2 is 1.83 bits per heavy atom. The van der Waals surface area contributed by atoms with Crippen LogP contribution in [0.2, 0.25) is 0 Å². The number of benzene rings is 1. The summed E-state index contributed by atoms with van der Waals surface area (Å²) in [5.41, 5.74) is 1.92. The third kappa shape index (κ3) is 4.38. The highest BCUT2D eigenvalue weighted by molar-refractivity contribution is 7.88. The lowest BCUT2D eigenvalue weighted by Crippen LogP contribution is -2.48. The number of aromatic nitrogens is 1. The molecule has 2 aromatic rings. The van der Waals surface area contributed by atoms with Crippen molar-refractivity contribution in [1.29, 1.82) is 0 Å². The van der Waals surface area contributed by atoms with Gasteiger partial charge in [0.15, 0.2) is 0 Å². The van der Waals surface area contributed by atoms with Gasteiger partial charge in [-0.25, -0.2) is 13.4 Å². The van der Waals surface area contributed by atoms with Crippen LogP contribution in [0.15, 0.2) is 35.7 Å². The Balaban J connectivity index is 1.55. The van der Waals surface area contributed by atoms with Gasteiger partial charge in [-0.15, -0.1) is 11.3 Å². The van der Waals surface area contributed by atoms with E-state index < -0.39 is 10.0 Å². The van der Waals surface area contributed by atoms with Crippen molar-refractivity contribution in [3.8, 4) is 0 Å². The van der Waals surface area contributed by atoms with Crippen molar-refractivity contribution in [1.82, 2.24) is 14.2 Å². The van der Waals surface area contributed by atoms with Gasteiger partial charge in [-0.1, -0.05) is 30.3 Å². The van der Waals surface area contributed by atoms with Gasteiger partial charge in [0.25, 0.3) is 0 Å². The minimum Gasteiger partial charge on any atom is -0.295 e. The zero-order valence-corrected chi connectivity index (χ0v) is 14.8. The molecule has 2 heterocycles. The molecule has 1 saturated heterocycles. The molecule has 0 aliphatic carbocycles. The molecule has 0 spiro atoms. The standard InChI is InChI=1S/C16H21N3O2S2/c1-14-17-16(12-22-14)11-18-7-9-19(10-8-18)23(20,21)13-15-5-3-2-4-6-15/h2-6,12H,7-11,13H2,1H3. The van der Waals surface area contributed by atoms with E-state index in [0.717, 1.165) is 35.9 Å². The summed E-state index contributed by atoms with van der Waals surface area (Å²) in [5.74, 6) is 0.0825. The van der Waals surface area contributed by atoms with Crippen molar-refractivity contribution in [2.24, 2.45) is 0 Å². The molecule has 0 amide bonds. The molecule has 124 valence electrons. The Morgan fingerprint density at radius 1 is 1.13 bits per heavy atom. The second-order valence-corrected chi connectivity index (χ2v) is 8.81. The van der Waals surface area contributed by atoms with Gasteiger partial charge in [-0.05, 0) is 12.5 Å². The molecule has 3 rings (SSSR count). The van der Waals surface area contributed by atoms with E-state index in [4.69, 9.17) is 0 Å². The van der Waals surface area contributed by atoms with E-state index in [1.807, 2.05) is 37.3 Å². The van der Waals surface area contributed by atoms with E-state index in [9.17, 15) is 8.42 Å². The normalized spacial score (nSPS) is 17.4. The lowest BCUT2D eigenvalue weighted by Gasteiger charge is -2.33. The quantitative estimate of drug-likeness (QED) is 0.828. The molecule has 23 heavy (non-hydrogen) atoms. The first-order valence-corrected chi connectivity index (χ1v) is 10.2. The molecule has 0 unspecified atom stereocenters. The maximum atomic E-state index is 12.5. The Kier molecular flexibility index (Phi) is 5.11. The third-order valence-electron chi connectivity index (χ3n) is 3.97. The summed E-state index contributed by atoms with van der Waals surface area (Å²) in [6.07, 6.45) is 0. The molecule has 7 heteroatoms. The second-order valence-electron chi connectivity index (χ2n) is 5.77. The first kappa shape index (κ1) is 16.6. The molecule has 1 aliphatic rings. The molecule has 5 nitrogen and oxygen atoms in total. The van der Waals surface area contributed by atoms with Gasteiger partial charge in [-0.3, -0.25) is 4.90 Å². The highest BCUT2D eigenvalue weighted by atomic mass is 32.2. The summed E-state index contributed by atoms with van der Waals surface area (Å²) < 4.78 is 26.7. The molecule has 0 N–H and O–H groups in total. The van der Waals surface area contributed by atoms with Crippen LogP contribution in [0.3, 0.4) is 0 Å². The van der Waals surface area contributed by atoms with E-state index in [0.29, 0.717) is 13.1 Å². The number of hydrogen-bond acceptors (Lipinski definition) is 5. The lowest BCUT2D eigenvalue weighted by atomic mass is 10.2. The average molecular weight is 351 g/mol. The van der Waals surface area contributed by atoms with Crippen LogP contribution in [-0.2, 0) is 22.3 Å². The number of sulfonamides is 1. The van der Waals surface area contributed by atoms with Gasteiger partial charge >= 0.3 is 0 Å². The van der Waals surface area contributed by atoms with Gasteiger partial charge in [0, 0.05) is 38.1 Å². The SMILES string of the molecule is Cc1nc(CN2CCN(S(=O)(=O)Cc3ccccc3)CC2)cs1. The number of hydrogen-bond donors (Lipinski definition) is 0. The Labute approximate surface area is 141 Å². The maximum absolute atomic E-state index is 12.5. The molecule has 1 aromatic heterocycles. The predicted molar refractivity (Wildman–Crippen MR) is 92.8 cm³/mol. The number of rotatable bonds is 5. The van der Waals surface area contributed by atoms with Crippen LogP contribution in [0, 0.1) is 6.92 Å². The van der Waals surface area contributed by atoms with Crippen molar-refractivity contribution in [2.75, 3.05) is 26.2 Å². The van der Waals surface area contributed by atoms with Crippen molar-refractivity contribution in [3.63, 3.8) is 0 Å². The zero-order chi connectivity index (χ0) is 16.3. The van der Waals surface area contributed by atoms with E-state index in [1.165, 1.54) is 0 Å². The van der Waals surface area contributed by atoms with Crippen molar-refractivity contribution in [2.45, 2.75) is 19.2 Å². The summed E-state index contributed by atoms with van der Waals surface area (Å²) >= 11 is 1.65. The topological polar surface area (TPSA) is 53.5 Å². The van der Waals surface area contributed by atoms with Crippen LogP contribution in [0.1, 0.15) is 16.3 Å².